The van der Waals surface area contributed by atoms with Gasteiger partial charge in [0.25, 0.3) is 0 Å². The fourth-order valence-electron chi connectivity index (χ4n) is 1.34. The van der Waals surface area contributed by atoms with Gasteiger partial charge in [0.15, 0.2) is 11.5 Å². The van der Waals surface area contributed by atoms with Crippen LogP contribution in [-0.4, -0.2) is 23.9 Å². The van der Waals surface area contributed by atoms with Gasteiger partial charge in [-0.2, -0.15) is 0 Å². The van der Waals surface area contributed by atoms with E-state index in [1.54, 1.807) is 6.92 Å². The van der Waals surface area contributed by atoms with E-state index in [0.717, 1.165) is 5.56 Å². The van der Waals surface area contributed by atoms with E-state index in [0.29, 0.717) is 24.7 Å². The molecule has 1 rings (SSSR count). The average Bonchev–Trinajstić information content (AvgIpc) is 2.31. The third kappa shape index (κ3) is 3.91. The molecule has 4 heteroatoms. The first-order chi connectivity index (χ1) is 8.08. The van der Waals surface area contributed by atoms with Gasteiger partial charge in [0, 0.05) is 6.54 Å². The lowest BCUT2D eigenvalue weighted by molar-refractivity contribution is 0.0582. The van der Waals surface area contributed by atoms with Crippen LogP contribution in [0.15, 0.2) is 18.2 Å². The average molecular weight is 239 g/mol. The molecule has 17 heavy (non-hydrogen) atoms. The summed E-state index contributed by atoms with van der Waals surface area (Å²) in [4.78, 5) is 0. The number of aliphatic hydroxyl groups excluding tert-OH is 1. The van der Waals surface area contributed by atoms with Crippen molar-refractivity contribution in [1.29, 1.82) is 0 Å². The first-order valence-corrected chi connectivity index (χ1v) is 5.89. The molecular formula is C13H21NO3. The van der Waals surface area contributed by atoms with E-state index < -0.39 is 6.10 Å². The molecule has 2 atom stereocenters. The Labute approximate surface area is 102 Å². The fourth-order valence-corrected chi connectivity index (χ4v) is 1.34. The zero-order valence-electron chi connectivity index (χ0n) is 10.6. The van der Waals surface area contributed by atoms with Crippen LogP contribution in [0.3, 0.4) is 0 Å². The standard InChI is InChI=1S/C13H21NO3/c1-4-16-13-7-11(8-14)5-6-12(13)17-10(3)9(2)15/h5-7,9-10,15H,4,8,14H2,1-3H3. The van der Waals surface area contributed by atoms with Gasteiger partial charge >= 0.3 is 0 Å². The molecule has 0 aliphatic heterocycles. The Morgan fingerprint density at radius 3 is 2.53 bits per heavy atom. The maximum Gasteiger partial charge on any atom is 0.161 e. The lowest BCUT2D eigenvalue weighted by Crippen LogP contribution is -2.25. The summed E-state index contributed by atoms with van der Waals surface area (Å²) in [6, 6.07) is 5.59. The maximum atomic E-state index is 9.42. The minimum Gasteiger partial charge on any atom is -0.490 e. The van der Waals surface area contributed by atoms with Crippen LogP contribution in [-0.2, 0) is 6.54 Å². The Bertz CT molecular complexity index is 353. The van der Waals surface area contributed by atoms with E-state index in [-0.39, 0.29) is 6.10 Å². The summed E-state index contributed by atoms with van der Waals surface area (Å²) < 4.78 is 11.1. The molecule has 0 heterocycles. The molecule has 4 nitrogen and oxygen atoms in total. The van der Waals surface area contributed by atoms with E-state index in [1.807, 2.05) is 32.0 Å². The molecule has 96 valence electrons. The summed E-state index contributed by atoms with van der Waals surface area (Å²) in [7, 11) is 0. The Morgan fingerprint density at radius 2 is 2.00 bits per heavy atom. The second kappa shape index (κ2) is 6.47. The lowest BCUT2D eigenvalue weighted by Gasteiger charge is -2.19. The smallest absolute Gasteiger partial charge is 0.161 e. The highest BCUT2D eigenvalue weighted by molar-refractivity contribution is 5.43. The van der Waals surface area contributed by atoms with Crippen molar-refractivity contribution in [3.63, 3.8) is 0 Å². The van der Waals surface area contributed by atoms with E-state index in [4.69, 9.17) is 15.2 Å². The number of hydrogen-bond acceptors (Lipinski definition) is 4. The van der Waals surface area contributed by atoms with Crippen molar-refractivity contribution in [2.24, 2.45) is 5.73 Å². The van der Waals surface area contributed by atoms with Crippen molar-refractivity contribution in [3.05, 3.63) is 23.8 Å². The predicted molar refractivity (Wildman–Crippen MR) is 67.3 cm³/mol. The van der Waals surface area contributed by atoms with Crippen LogP contribution in [0.5, 0.6) is 11.5 Å². The van der Waals surface area contributed by atoms with Crippen molar-refractivity contribution in [3.8, 4) is 11.5 Å². The molecule has 1 aromatic rings. The Morgan fingerprint density at radius 1 is 1.29 bits per heavy atom. The molecule has 1 aromatic carbocycles. The molecule has 0 bridgehead atoms. The third-order valence-electron chi connectivity index (χ3n) is 2.54. The summed E-state index contributed by atoms with van der Waals surface area (Å²) in [5, 5.41) is 9.42. The molecule has 0 aliphatic rings. The van der Waals surface area contributed by atoms with E-state index in [1.165, 1.54) is 0 Å². The zero-order chi connectivity index (χ0) is 12.8. The maximum absolute atomic E-state index is 9.42. The number of rotatable bonds is 6. The first kappa shape index (κ1) is 13.8. The third-order valence-corrected chi connectivity index (χ3v) is 2.54. The van der Waals surface area contributed by atoms with Crippen LogP contribution in [0.25, 0.3) is 0 Å². The molecule has 0 radical (unpaired) electrons. The van der Waals surface area contributed by atoms with Gasteiger partial charge in [-0.3, -0.25) is 0 Å². The van der Waals surface area contributed by atoms with Crippen LogP contribution in [0.4, 0.5) is 0 Å². The van der Waals surface area contributed by atoms with Gasteiger partial charge in [-0.15, -0.1) is 0 Å². The highest BCUT2D eigenvalue weighted by atomic mass is 16.5. The van der Waals surface area contributed by atoms with Gasteiger partial charge in [-0.25, -0.2) is 0 Å². The summed E-state index contributed by atoms with van der Waals surface area (Å²) >= 11 is 0. The second-order valence-corrected chi connectivity index (χ2v) is 3.98. The SMILES string of the molecule is CCOc1cc(CN)ccc1OC(C)C(C)O. The van der Waals surface area contributed by atoms with E-state index >= 15 is 0 Å². The van der Waals surface area contributed by atoms with Gasteiger partial charge in [0.05, 0.1) is 12.7 Å². The molecule has 0 aromatic heterocycles. The zero-order valence-corrected chi connectivity index (χ0v) is 10.6. The normalized spacial score (nSPS) is 14.2. The Hall–Kier alpha value is -1.26. The van der Waals surface area contributed by atoms with Crippen LogP contribution in [0, 0.1) is 0 Å². The van der Waals surface area contributed by atoms with E-state index in [9.17, 15) is 5.11 Å². The van der Waals surface area contributed by atoms with Crippen LogP contribution in [0.1, 0.15) is 26.3 Å². The van der Waals surface area contributed by atoms with Gasteiger partial charge in [-0.1, -0.05) is 6.07 Å². The van der Waals surface area contributed by atoms with Gasteiger partial charge < -0.3 is 20.3 Å². The Balaban J connectivity index is 2.89. The number of aliphatic hydroxyl groups is 1. The molecular weight excluding hydrogens is 218 g/mol. The summed E-state index contributed by atoms with van der Waals surface area (Å²) in [6.07, 6.45) is -0.809. The highest BCUT2D eigenvalue weighted by Gasteiger charge is 2.14. The minimum atomic E-state index is -0.529. The van der Waals surface area contributed by atoms with Crippen molar-refractivity contribution < 1.29 is 14.6 Å². The largest absolute Gasteiger partial charge is 0.490 e. The predicted octanol–water partition coefficient (Wildman–Crippen LogP) is 1.69. The van der Waals surface area contributed by atoms with Gasteiger partial charge in [-0.05, 0) is 38.5 Å². The van der Waals surface area contributed by atoms with Crippen LogP contribution < -0.4 is 15.2 Å². The van der Waals surface area contributed by atoms with Crippen LogP contribution >= 0.6 is 0 Å². The first-order valence-electron chi connectivity index (χ1n) is 5.89. The van der Waals surface area contributed by atoms with Crippen molar-refractivity contribution in [1.82, 2.24) is 0 Å². The van der Waals surface area contributed by atoms with Crippen molar-refractivity contribution >= 4 is 0 Å². The molecule has 0 saturated heterocycles. The highest BCUT2D eigenvalue weighted by Crippen LogP contribution is 2.29. The van der Waals surface area contributed by atoms with Crippen LogP contribution in [0.2, 0.25) is 0 Å². The van der Waals surface area contributed by atoms with Gasteiger partial charge in [0.1, 0.15) is 6.10 Å². The topological polar surface area (TPSA) is 64.7 Å². The minimum absolute atomic E-state index is 0.280. The van der Waals surface area contributed by atoms with Gasteiger partial charge in [0.2, 0.25) is 0 Å². The number of hydrogen-bond donors (Lipinski definition) is 2. The quantitative estimate of drug-likeness (QED) is 0.793. The summed E-state index contributed by atoms with van der Waals surface area (Å²) in [6.45, 7) is 6.45. The molecule has 0 spiro atoms. The monoisotopic (exact) mass is 239 g/mol. The molecule has 0 aliphatic carbocycles. The van der Waals surface area contributed by atoms with E-state index in [2.05, 4.69) is 0 Å². The number of benzene rings is 1. The molecule has 2 unspecified atom stereocenters. The molecule has 0 amide bonds. The Kier molecular flexibility index (Phi) is 5.25. The fraction of sp³-hybridized carbons (Fsp3) is 0.538. The molecule has 0 saturated carbocycles. The summed E-state index contributed by atoms with van der Waals surface area (Å²) in [5.74, 6) is 1.31. The second-order valence-electron chi connectivity index (χ2n) is 3.98. The molecule has 3 N–H and O–H groups in total. The lowest BCUT2D eigenvalue weighted by atomic mass is 10.2. The van der Waals surface area contributed by atoms with Crippen molar-refractivity contribution in [2.45, 2.75) is 39.5 Å². The molecule has 0 fully saturated rings. The number of nitrogens with two attached hydrogens (primary N) is 1. The summed E-state index contributed by atoms with van der Waals surface area (Å²) in [5.41, 5.74) is 6.57. The van der Waals surface area contributed by atoms with Crippen molar-refractivity contribution in [2.75, 3.05) is 6.61 Å². The number of ether oxygens (including phenoxy) is 2.